The van der Waals surface area contributed by atoms with Gasteiger partial charge in [-0.1, -0.05) is 122 Å². The normalized spacial score (nSPS) is 10.9. The molecule has 0 amide bonds. The first kappa shape index (κ1) is 31.6. The van der Waals surface area contributed by atoms with Gasteiger partial charge in [0, 0.05) is 0 Å². The molecule has 0 saturated carbocycles. The minimum Gasteiger partial charge on any atom is -0.418 e. The monoisotopic (exact) mass is 522 g/mol. The van der Waals surface area contributed by atoms with Gasteiger partial charge in [0.05, 0.1) is 0 Å². The number of carbonyl (C=O) groups is 2. The summed E-state index contributed by atoms with van der Waals surface area (Å²) in [6.45, 7) is 6.50. The maximum atomic E-state index is 12.4. The van der Waals surface area contributed by atoms with Crippen LogP contribution in [0.5, 0.6) is 11.5 Å². The lowest BCUT2D eigenvalue weighted by Crippen LogP contribution is -2.25. The zero-order chi connectivity index (χ0) is 27.4. The van der Waals surface area contributed by atoms with Gasteiger partial charge in [-0.25, -0.2) is 9.59 Å². The van der Waals surface area contributed by atoms with Crippen LogP contribution in [0.3, 0.4) is 0 Å². The number of esters is 2. The lowest BCUT2D eigenvalue weighted by molar-refractivity contribution is -0.156. The zero-order valence-corrected chi connectivity index (χ0v) is 24.2. The van der Waals surface area contributed by atoms with Crippen LogP contribution in [0.4, 0.5) is 0 Å². The molecule has 0 aliphatic rings. The van der Waals surface area contributed by atoms with E-state index in [-0.39, 0.29) is 0 Å². The van der Waals surface area contributed by atoms with Crippen LogP contribution in [0, 0.1) is 0 Å². The number of ether oxygens (including phenoxy) is 2. The fourth-order valence-electron chi connectivity index (χ4n) is 4.75. The van der Waals surface area contributed by atoms with E-state index in [1.165, 1.54) is 94.6 Å². The first-order valence-corrected chi connectivity index (χ1v) is 15.2. The largest absolute Gasteiger partial charge is 0.423 e. The Balaban J connectivity index is 1.75. The summed E-state index contributed by atoms with van der Waals surface area (Å²) in [7, 11) is 0. The fourth-order valence-corrected chi connectivity index (χ4v) is 4.75. The van der Waals surface area contributed by atoms with E-state index in [9.17, 15) is 9.59 Å². The Bertz CT molecular complexity index is 932. The van der Waals surface area contributed by atoms with E-state index < -0.39 is 11.9 Å². The third-order valence-electron chi connectivity index (χ3n) is 7.15. The summed E-state index contributed by atoms with van der Waals surface area (Å²) in [6.07, 6.45) is 20.7. The Kier molecular flexibility index (Phi) is 16.2. The molecule has 0 aromatic heterocycles. The van der Waals surface area contributed by atoms with E-state index in [2.05, 4.69) is 19.9 Å². The van der Waals surface area contributed by atoms with Gasteiger partial charge in [0.25, 0.3) is 0 Å². The summed E-state index contributed by atoms with van der Waals surface area (Å²) in [5.41, 5.74) is 3.39. The molecule has 0 N–H and O–H groups in total. The van der Waals surface area contributed by atoms with E-state index in [0.717, 1.165) is 31.2 Å². The van der Waals surface area contributed by atoms with Crippen LogP contribution >= 0.6 is 0 Å². The van der Waals surface area contributed by atoms with E-state index in [4.69, 9.17) is 9.47 Å². The van der Waals surface area contributed by atoms with E-state index in [1.54, 1.807) is 18.2 Å². The predicted molar refractivity (Wildman–Crippen MR) is 157 cm³/mol. The Morgan fingerprint density at radius 1 is 0.553 bits per heavy atom. The molecule has 0 unspecified atom stereocenters. The van der Waals surface area contributed by atoms with Crippen molar-refractivity contribution in [2.45, 2.75) is 130 Å². The maximum Gasteiger partial charge on any atom is 0.423 e. The van der Waals surface area contributed by atoms with Gasteiger partial charge in [-0.15, -0.1) is 0 Å². The number of aryl methyl sites for hydroxylation is 3. The van der Waals surface area contributed by atoms with Crippen molar-refractivity contribution in [3.8, 4) is 11.5 Å². The van der Waals surface area contributed by atoms with Gasteiger partial charge in [0.2, 0.25) is 0 Å². The molecule has 4 nitrogen and oxygen atoms in total. The van der Waals surface area contributed by atoms with Gasteiger partial charge < -0.3 is 9.47 Å². The fraction of sp³-hybridized carbons (Fsp3) is 0.588. The highest BCUT2D eigenvalue weighted by atomic mass is 16.6. The molecule has 0 bridgehead atoms. The van der Waals surface area contributed by atoms with Crippen LogP contribution in [-0.4, -0.2) is 11.9 Å². The van der Waals surface area contributed by atoms with Crippen LogP contribution in [-0.2, 0) is 28.9 Å². The van der Waals surface area contributed by atoms with Gasteiger partial charge >= 0.3 is 11.9 Å². The van der Waals surface area contributed by atoms with Crippen LogP contribution in [0.25, 0.3) is 0 Å². The van der Waals surface area contributed by atoms with Crippen molar-refractivity contribution in [1.82, 2.24) is 0 Å². The van der Waals surface area contributed by atoms with Crippen molar-refractivity contribution < 1.29 is 19.1 Å². The SMILES string of the molecule is CCCCCCCCCc1ccc(OC(=O)C(=O)Oc2ccc(CCCCCCCCC)cc2CC)cc1. The Morgan fingerprint density at radius 3 is 1.58 bits per heavy atom. The molecule has 4 heteroatoms. The van der Waals surface area contributed by atoms with Gasteiger partial charge in [0.1, 0.15) is 11.5 Å². The molecular weight excluding hydrogens is 472 g/mol. The molecule has 0 radical (unpaired) electrons. The number of unbranched alkanes of at least 4 members (excludes halogenated alkanes) is 12. The van der Waals surface area contributed by atoms with Crippen molar-refractivity contribution in [2.24, 2.45) is 0 Å². The summed E-state index contributed by atoms with van der Waals surface area (Å²) < 4.78 is 10.7. The molecule has 0 heterocycles. The van der Waals surface area contributed by atoms with E-state index in [0.29, 0.717) is 11.5 Å². The topological polar surface area (TPSA) is 52.6 Å². The number of benzene rings is 2. The number of hydrogen-bond acceptors (Lipinski definition) is 4. The third-order valence-corrected chi connectivity index (χ3v) is 7.15. The predicted octanol–water partition coefficient (Wildman–Crippen LogP) is 9.35. The Labute approximate surface area is 231 Å². The minimum absolute atomic E-state index is 0.357. The van der Waals surface area contributed by atoms with Crippen molar-refractivity contribution in [1.29, 1.82) is 0 Å². The van der Waals surface area contributed by atoms with Crippen LogP contribution in [0.1, 0.15) is 127 Å². The quantitative estimate of drug-likeness (QED) is 0.0798. The van der Waals surface area contributed by atoms with E-state index >= 15 is 0 Å². The molecule has 2 aromatic carbocycles. The molecular formula is C34H50O4. The van der Waals surface area contributed by atoms with Gasteiger partial charge in [-0.05, 0) is 67.0 Å². The van der Waals surface area contributed by atoms with Crippen molar-refractivity contribution in [3.63, 3.8) is 0 Å². The molecule has 0 fully saturated rings. The van der Waals surface area contributed by atoms with Crippen molar-refractivity contribution in [2.75, 3.05) is 0 Å². The first-order chi connectivity index (χ1) is 18.6. The highest BCUT2D eigenvalue weighted by Crippen LogP contribution is 2.23. The number of hydrogen-bond donors (Lipinski definition) is 0. The molecule has 0 atom stereocenters. The third kappa shape index (κ3) is 12.8. The zero-order valence-electron chi connectivity index (χ0n) is 24.2. The van der Waals surface area contributed by atoms with E-state index in [1.807, 2.05) is 25.1 Å². The average Bonchev–Trinajstić information content (AvgIpc) is 2.93. The molecule has 38 heavy (non-hydrogen) atoms. The van der Waals surface area contributed by atoms with Crippen molar-refractivity contribution in [3.05, 3.63) is 59.2 Å². The maximum absolute atomic E-state index is 12.4. The van der Waals surface area contributed by atoms with Gasteiger partial charge in [-0.3, -0.25) is 0 Å². The summed E-state index contributed by atoms with van der Waals surface area (Å²) >= 11 is 0. The lowest BCUT2D eigenvalue weighted by Gasteiger charge is -2.11. The second kappa shape index (κ2) is 19.4. The molecule has 210 valence electrons. The molecule has 2 aromatic rings. The summed E-state index contributed by atoms with van der Waals surface area (Å²) in [4.78, 5) is 24.8. The average molecular weight is 523 g/mol. The highest BCUT2D eigenvalue weighted by Gasteiger charge is 2.21. The summed E-state index contributed by atoms with van der Waals surface area (Å²) in [5, 5.41) is 0. The number of carbonyl (C=O) groups excluding carboxylic acids is 2. The standard InChI is InChI=1S/C34H50O4/c1-4-7-9-11-13-15-17-19-28-21-24-31(25-22-28)37-33(35)34(36)38-32-26-23-29(27-30(32)6-3)20-18-16-14-12-10-8-5-2/h21-27H,4-20H2,1-3H3. The second-order valence-corrected chi connectivity index (χ2v) is 10.5. The lowest BCUT2D eigenvalue weighted by atomic mass is 10.0. The molecule has 2 rings (SSSR count). The van der Waals surface area contributed by atoms with Gasteiger partial charge in [0.15, 0.2) is 0 Å². The second-order valence-electron chi connectivity index (χ2n) is 10.5. The van der Waals surface area contributed by atoms with Gasteiger partial charge in [-0.2, -0.15) is 0 Å². The van der Waals surface area contributed by atoms with Crippen LogP contribution in [0.2, 0.25) is 0 Å². The smallest absolute Gasteiger partial charge is 0.418 e. The molecule has 0 spiro atoms. The van der Waals surface area contributed by atoms with Crippen molar-refractivity contribution >= 4 is 11.9 Å². The number of rotatable bonds is 19. The Hall–Kier alpha value is -2.62. The summed E-state index contributed by atoms with van der Waals surface area (Å²) in [6, 6.07) is 13.3. The van der Waals surface area contributed by atoms with Crippen LogP contribution in [0.15, 0.2) is 42.5 Å². The Morgan fingerprint density at radius 2 is 1.03 bits per heavy atom. The molecule has 0 aliphatic carbocycles. The summed E-state index contributed by atoms with van der Waals surface area (Å²) in [5.74, 6) is -1.20. The van der Waals surface area contributed by atoms with Crippen LogP contribution < -0.4 is 9.47 Å². The molecule has 0 saturated heterocycles. The minimum atomic E-state index is -1.00. The first-order valence-electron chi connectivity index (χ1n) is 15.2. The molecule has 0 aliphatic heterocycles. The highest BCUT2D eigenvalue weighted by molar-refractivity contribution is 6.31.